The van der Waals surface area contributed by atoms with Crippen LogP contribution in [0.25, 0.3) is 0 Å². The summed E-state index contributed by atoms with van der Waals surface area (Å²) in [5, 5.41) is 14.9. The Morgan fingerprint density at radius 2 is 1.78 bits per heavy atom. The maximum absolute atomic E-state index is 12.5. The van der Waals surface area contributed by atoms with E-state index >= 15 is 0 Å². The van der Waals surface area contributed by atoms with Crippen molar-refractivity contribution in [3.63, 3.8) is 0 Å². The molecule has 0 heterocycles. The second-order valence-corrected chi connectivity index (χ2v) is 5.97. The third-order valence-corrected chi connectivity index (χ3v) is 4.22. The van der Waals surface area contributed by atoms with Gasteiger partial charge in [0.25, 0.3) is 0 Å². The maximum atomic E-state index is 12.5. The molecule has 3 N–H and O–H groups in total. The fraction of sp³-hybridized carbons (Fsp3) is 0.562. The van der Waals surface area contributed by atoms with Gasteiger partial charge in [0.15, 0.2) is 0 Å². The summed E-state index contributed by atoms with van der Waals surface area (Å²) >= 11 is 0. The standard InChI is InChI=1S/C16H21F3N2O2/c17-16(18,19)13-5-3-12(4-6-13)7-10-20-14(23)21-15(11-22)8-1-2-9-15/h3-6,22H,1-2,7-11H2,(H2,20,21,23). The van der Waals surface area contributed by atoms with Crippen molar-refractivity contribution >= 4 is 6.03 Å². The molecule has 0 unspecified atom stereocenters. The first-order valence-corrected chi connectivity index (χ1v) is 7.68. The molecule has 0 saturated heterocycles. The molecule has 0 radical (unpaired) electrons. The largest absolute Gasteiger partial charge is 0.416 e. The molecule has 7 heteroatoms. The molecular weight excluding hydrogens is 309 g/mol. The molecule has 1 fully saturated rings. The van der Waals surface area contributed by atoms with Crippen molar-refractivity contribution < 1.29 is 23.1 Å². The van der Waals surface area contributed by atoms with E-state index in [4.69, 9.17) is 0 Å². The average molecular weight is 330 g/mol. The van der Waals surface area contributed by atoms with Crippen LogP contribution in [0.3, 0.4) is 0 Å². The van der Waals surface area contributed by atoms with Crippen molar-refractivity contribution in [1.82, 2.24) is 10.6 Å². The van der Waals surface area contributed by atoms with Crippen LogP contribution in [0.5, 0.6) is 0 Å². The molecule has 1 saturated carbocycles. The predicted octanol–water partition coefficient (Wildman–Crippen LogP) is 2.85. The highest BCUT2D eigenvalue weighted by Crippen LogP contribution is 2.29. The van der Waals surface area contributed by atoms with Gasteiger partial charge in [-0.25, -0.2) is 4.79 Å². The van der Waals surface area contributed by atoms with E-state index in [1.165, 1.54) is 12.1 Å². The molecule has 0 bridgehead atoms. The Balaban J connectivity index is 1.77. The van der Waals surface area contributed by atoms with Gasteiger partial charge in [0.1, 0.15) is 0 Å². The van der Waals surface area contributed by atoms with Crippen molar-refractivity contribution in [2.75, 3.05) is 13.2 Å². The molecule has 0 spiro atoms. The number of benzene rings is 1. The van der Waals surface area contributed by atoms with Crippen LogP contribution in [-0.4, -0.2) is 29.8 Å². The minimum Gasteiger partial charge on any atom is -0.394 e. The number of hydrogen-bond acceptors (Lipinski definition) is 2. The number of aliphatic hydroxyl groups excluding tert-OH is 1. The van der Waals surface area contributed by atoms with Crippen LogP contribution < -0.4 is 10.6 Å². The van der Waals surface area contributed by atoms with E-state index in [9.17, 15) is 23.1 Å². The number of rotatable bonds is 5. The lowest BCUT2D eigenvalue weighted by Gasteiger charge is -2.27. The van der Waals surface area contributed by atoms with Crippen LogP contribution in [-0.2, 0) is 12.6 Å². The van der Waals surface area contributed by atoms with E-state index in [1.54, 1.807) is 0 Å². The van der Waals surface area contributed by atoms with Crippen LogP contribution in [0, 0.1) is 0 Å². The molecule has 4 nitrogen and oxygen atoms in total. The summed E-state index contributed by atoms with van der Waals surface area (Å²) in [5.41, 5.74) is -0.493. The van der Waals surface area contributed by atoms with Gasteiger partial charge in [-0.15, -0.1) is 0 Å². The fourth-order valence-electron chi connectivity index (χ4n) is 2.84. The smallest absolute Gasteiger partial charge is 0.394 e. The van der Waals surface area contributed by atoms with Crippen molar-refractivity contribution in [3.8, 4) is 0 Å². The Bertz CT molecular complexity index is 523. The van der Waals surface area contributed by atoms with Gasteiger partial charge in [0.2, 0.25) is 0 Å². The zero-order valence-electron chi connectivity index (χ0n) is 12.7. The molecule has 1 aliphatic carbocycles. The third-order valence-electron chi connectivity index (χ3n) is 4.22. The number of urea groups is 1. The summed E-state index contributed by atoms with van der Waals surface area (Å²) in [6.45, 7) is 0.234. The molecule has 128 valence electrons. The Labute approximate surface area is 133 Å². The van der Waals surface area contributed by atoms with Gasteiger partial charge < -0.3 is 15.7 Å². The number of halogens is 3. The number of amides is 2. The molecule has 1 aliphatic rings. The highest BCUT2D eigenvalue weighted by atomic mass is 19.4. The normalized spacial score (nSPS) is 17.0. The predicted molar refractivity (Wildman–Crippen MR) is 80.0 cm³/mol. The van der Waals surface area contributed by atoms with Crippen LogP contribution in [0.1, 0.15) is 36.8 Å². The average Bonchev–Trinajstić information content (AvgIpc) is 2.96. The van der Waals surface area contributed by atoms with Gasteiger partial charge in [-0.3, -0.25) is 0 Å². The molecule has 1 aromatic carbocycles. The Morgan fingerprint density at radius 3 is 2.30 bits per heavy atom. The highest BCUT2D eigenvalue weighted by molar-refractivity contribution is 5.74. The van der Waals surface area contributed by atoms with Gasteiger partial charge in [-0.05, 0) is 37.0 Å². The number of nitrogens with one attached hydrogen (secondary N) is 2. The van der Waals surface area contributed by atoms with E-state index in [1.807, 2.05) is 0 Å². The molecule has 2 rings (SSSR count). The first-order valence-electron chi connectivity index (χ1n) is 7.68. The van der Waals surface area contributed by atoms with Crippen molar-refractivity contribution in [3.05, 3.63) is 35.4 Å². The van der Waals surface area contributed by atoms with Crippen LogP contribution in [0.4, 0.5) is 18.0 Å². The van der Waals surface area contributed by atoms with Gasteiger partial charge in [-0.2, -0.15) is 13.2 Å². The van der Waals surface area contributed by atoms with Gasteiger partial charge in [-0.1, -0.05) is 25.0 Å². The SMILES string of the molecule is O=C(NCCc1ccc(C(F)(F)F)cc1)NC1(CO)CCCC1. The van der Waals surface area contributed by atoms with E-state index < -0.39 is 17.3 Å². The summed E-state index contributed by atoms with van der Waals surface area (Å²) in [7, 11) is 0. The zero-order chi connectivity index (χ0) is 16.9. The minimum atomic E-state index is -4.34. The second-order valence-electron chi connectivity index (χ2n) is 5.97. The maximum Gasteiger partial charge on any atom is 0.416 e. The topological polar surface area (TPSA) is 61.4 Å². The summed E-state index contributed by atoms with van der Waals surface area (Å²) < 4.78 is 37.4. The Kier molecular flexibility index (Phi) is 5.51. The van der Waals surface area contributed by atoms with Gasteiger partial charge >= 0.3 is 12.2 Å². The molecule has 0 aromatic heterocycles. The quantitative estimate of drug-likeness (QED) is 0.777. The first-order chi connectivity index (χ1) is 10.8. The molecule has 2 amide bonds. The van der Waals surface area contributed by atoms with Crippen molar-refractivity contribution in [2.45, 2.75) is 43.8 Å². The van der Waals surface area contributed by atoms with E-state index in [-0.39, 0.29) is 12.6 Å². The highest BCUT2D eigenvalue weighted by Gasteiger charge is 2.34. The third kappa shape index (κ3) is 4.86. The molecular formula is C16H21F3N2O2. The summed E-state index contributed by atoms with van der Waals surface area (Å²) in [6, 6.07) is 4.54. The first kappa shape index (κ1) is 17.6. The lowest BCUT2D eigenvalue weighted by atomic mass is 9.99. The van der Waals surface area contributed by atoms with E-state index in [0.717, 1.165) is 43.4 Å². The Hall–Kier alpha value is -1.76. The van der Waals surface area contributed by atoms with Gasteiger partial charge in [0, 0.05) is 6.54 Å². The van der Waals surface area contributed by atoms with Crippen LogP contribution in [0.2, 0.25) is 0 Å². The van der Waals surface area contributed by atoms with Crippen molar-refractivity contribution in [2.24, 2.45) is 0 Å². The second kappa shape index (κ2) is 7.21. The lowest BCUT2D eigenvalue weighted by molar-refractivity contribution is -0.137. The molecule has 23 heavy (non-hydrogen) atoms. The van der Waals surface area contributed by atoms with E-state index in [0.29, 0.717) is 13.0 Å². The lowest BCUT2D eigenvalue weighted by Crippen LogP contribution is -2.53. The van der Waals surface area contributed by atoms with Gasteiger partial charge in [0.05, 0.1) is 17.7 Å². The van der Waals surface area contributed by atoms with Crippen molar-refractivity contribution in [1.29, 1.82) is 0 Å². The number of carbonyl (C=O) groups excluding carboxylic acids is 1. The summed E-state index contributed by atoms with van der Waals surface area (Å²) in [4.78, 5) is 11.9. The number of hydrogen-bond donors (Lipinski definition) is 3. The Morgan fingerprint density at radius 1 is 1.17 bits per heavy atom. The molecule has 0 atom stereocenters. The summed E-state index contributed by atoms with van der Waals surface area (Å²) in [5.74, 6) is 0. The number of carbonyl (C=O) groups is 1. The molecule has 1 aromatic rings. The van der Waals surface area contributed by atoms with Crippen LogP contribution >= 0.6 is 0 Å². The summed E-state index contributed by atoms with van der Waals surface area (Å²) in [6.07, 6.45) is -0.418. The monoisotopic (exact) mass is 330 g/mol. The zero-order valence-corrected chi connectivity index (χ0v) is 12.7. The number of alkyl halides is 3. The van der Waals surface area contributed by atoms with E-state index in [2.05, 4.69) is 10.6 Å². The number of aliphatic hydroxyl groups is 1. The minimum absolute atomic E-state index is 0.0840. The molecule has 0 aliphatic heterocycles. The van der Waals surface area contributed by atoms with Crippen LogP contribution in [0.15, 0.2) is 24.3 Å². The fourth-order valence-corrected chi connectivity index (χ4v) is 2.84.